The molecule has 0 radical (unpaired) electrons. The van der Waals surface area contributed by atoms with Crippen molar-refractivity contribution in [1.82, 2.24) is 5.32 Å². The van der Waals surface area contributed by atoms with E-state index in [1.165, 1.54) is 30.5 Å². The standard InChI is InChI=1S/C16H16FN3O3S/c1-9-11(4-5-23-9)15(21)20-13-6-10(2-3-12(13)17)19-16(22)14-7-24-8-18-14/h2-6,14,18H,7-8H2,1H3,(H,19,22)(H,20,21). The van der Waals surface area contributed by atoms with Gasteiger partial charge in [0.05, 0.1) is 23.6 Å². The number of carbonyl (C=O) groups excluding carboxylic acids is 2. The monoisotopic (exact) mass is 349 g/mol. The summed E-state index contributed by atoms with van der Waals surface area (Å²) in [5.41, 5.74) is 0.738. The van der Waals surface area contributed by atoms with Gasteiger partial charge in [0, 0.05) is 17.3 Å². The van der Waals surface area contributed by atoms with E-state index in [4.69, 9.17) is 4.42 Å². The Balaban J connectivity index is 1.73. The van der Waals surface area contributed by atoms with Gasteiger partial charge in [0.25, 0.3) is 5.91 Å². The predicted molar refractivity (Wildman–Crippen MR) is 90.7 cm³/mol. The van der Waals surface area contributed by atoms with Gasteiger partial charge in [-0.05, 0) is 31.2 Å². The number of hydrogen-bond acceptors (Lipinski definition) is 5. The number of anilines is 2. The minimum Gasteiger partial charge on any atom is -0.469 e. The highest BCUT2D eigenvalue weighted by molar-refractivity contribution is 7.99. The summed E-state index contributed by atoms with van der Waals surface area (Å²) in [6.07, 6.45) is 1.39. The Kier molecular flexibility index (Phi) is 4.86. The summed E-state index contributed by atoms with van der Waals surface area (Å²) < 4.78 is 19.0. The van der Waals surface area contributed by atoms with Crippen LogP contribution in [0.1, 0.15) is 16.1 Å². The van der Waals surface area contributed by atoms with Gasteiger partial charge in [0.15, 0.2) is 0 Å². The molecule has 1 atom stereocenters. The second-order valence-corrected chi connectivity index (χ2v) is 6.33. The van der Waals surface area contributed by atoms with Crippen LogP contribution in [0.2, 0.25) is 0 Å². The topological polar surface area (TPSA) is 83.4 Å². The van der Waals surface area contributed by atoms with Crippen molar-refractivity contribution in [2.24, 2.45) is 0 Å². The third-order valence-electron chi connectivity index (χ3n) is 3.62. The van der Waals surface area contributed by atoms with E-state index in [2.05, 4.69) is 16.0 Å². The van der Waals surface area contributed by atoms with Crippen LogP contribution in [0.25, 0.3) is 0 Å². The van der Waals surface area contributed by atoms with Gasteiger partial charge in [-0.15, -0.1) is 11.8 Å². The number of hydrogen-bond donors (Lipinski definition) is 3. The molecule has 3 rings (SSSR count). The van der Waals surface area contributed by atoms with Gasteiger partial charge in [0.1, 0.15) is 11.6 Å². The smallest absolute Gasteiger partial charge is 0.259 e. The lowest BCUT2D eigenvalue weighted by Gasteiger charge is -2.12. The van der Waals surface area contributed by atoms with Gasteiger partial charge in [-0.2, -0.15) is 0 Å². The molecule has 1 aromatic carbocycles. The van der Waals surface area contributed by atoms with Crippen molar-refractivity contribution in [2.75, 3.05) is 22.3 Å². The Hall–Kier alpha value is -2.32. The maximum atomic E-state index is 13.9. The number of furan rings is 1. The van der Waals surface area contributed by atoms with Crippen LogP contribution in [0.15, 0.2) is 34.9 Å². The second-order valence-electron chi connectivity index (χ2n) is 5.30. The third kappa shape index (κ3) is 3.60. The molecule has 2 amide bonds. The van der Waals surface area contributed by atoms with Crippen molar-refractivity contribution in [2.45, 2.75) is 13.0 Å². The summed E-state index contributed by atoms with van der Waals surface area (Å²) >= 11 is 1.64. The second kappa shape index (κ2) is 7.06. The summed E-state index contributed by atoms with van der Waals surface area (Å²) in [7, 11) is 0. The molecular formula is C16H16FN3O3S. The van der Waals surface area contributed by atoms with Crippen LogP contribution in [-0.2, 0) is 4.79 Å². The fourth-order valence-corrected chi connectivity index (χ4v) is 3.24. The minimum atomic E-state index is -0.586. The number of carbonyl (C=O) groups is 2. The van der Waals surface area contributed by atoms with Crippen molar-refractivity contribution in [3.05, 3.63) is 47.7 Å². The fourth-order valence-electron chi connectivity index (χ4n) is 2.30. The maximum absolute atomic E-state index is 13.9. The van der Waals surface area contributed by atoms with Crippen LogP contribution >= 0.6 is 11.8 Å². The maximum Gasteiger partial charge on any atom is 0.259 e. The number of benzene rings is 1. The number of rotatable bonds is 4. The van der Waals surface area contributed by atoms with Gasteiger partial charge in [-0.3, -0.25) is 14.9 Å². The number of amides is 2. The average Bonchev–Trinajstić information content (AvgIpc) is 3.21. The molecule has 1 aliphatic heterocycles. The summed E-state index contributed by atoms with van der Waals surface area (Å²) in [6, 6.07) is 5.28. The van der Waals surface area contributed by atoms with Crippen molar-refractivity contribution in [3.63, 3.8) is 0 Å². The molecule has 0 spiro atoms. The zero-order valence-corrected chi connectivity index (χ0v) is 13.7. The third-order valence-corrected chi connectivity index (χ3v) is 4.56. The van der Waals surface area contributed by atoms with Crippen LogP contribution in [0.4, 0.5) is 15.8 Å². The lowest BCUT2D eigenvalue weighted by molar-refractivity contribution is -0.117. The predicted octanol–water partition coefficient (Wildman–Crippen LogP) is 2.58. The molecular weight excluding hydrogens is 333 g/mol. The van der Waals surface area contributed by atoms with E-state index in [1.807, 2.05) is 0 Å². The molecule has 1 saturated heterocycles. The molecule has 24 heavy (non-hydrogen) atoms. The normalized spacial score (nSPS) is 16.8. The number of halogens is 1. The summed E-state index contributed by atoms with van der Waals surface area (Å²) in [4.78, 5) is 24.2. The molecule has 1 aromatic heterocycles. The van der Waals surface area contributed by atoms with E-state index < -0.39 is 11.7 Å². The van der Waals surface area contributed by atoms with Gasteiger partial charge in [0.2, 0.25) is 5.91 Å². The zero-order valence-electron chi connectivity index (χ0n) is 12.9. The van der Waals surface area contributed by atoms with E-state index in [9.17, 15) is 14.0 Å². The van der Waals surface area contributed by atoms with Gasteiger partial charge < -0.3 is 15.1 Å². The molecule has 1 unspecified atom stereocenters. The molecule has 126 valence electrons. The van der Waals surface area contributed by atoms with E-state index in [1.54, 1.807) is 18.7 Å². The highest BCUT2D eigenvalue weighted by Crippen LogP contribution is 2.22. The Morgan fingerprint density at radius 2 is 2.17 bits per heavy atom. The van der Waals surface area contributed by atoms with E-state index in [0.717, 1.165) is 5.88 Å². The van der Waals surface area contributed by atoms with Crippen LogP contribution in [0, 0.1) is 12.7 Å². The number of aryl methyl sites for hydroxylation is 1. The Morgan fingerprint density at radius 3 is 2.83 bits per heavy atom. The molecule has 2 aromatic rings. The Bertz CT molecular complexity index is 772. The largest absolute Gasteiger partial charge is 0.469 e. The molecule has 1 aliphatic rings. The Labute approximate surface area is 142 Å². The quantitative estimate of drug-likeness (QED) is 0.790. The van der Waals surface area contributed by atoms with Gasteiger partial charge in [-0.25, -0.2) is 4.39 Å². The van der Waals surface area contributed by atoms with Crippen molar-refractivity contribution >= 4 is 35.0 Å². The van der Waals surface area contributed by atoms with E-state index in [0.29, 0.717) is 22.8 Å². The molecule has 0 aliphatic carbocycles. The molecule has 8 heteroatoms. The van der Waals surface area contributed by atoms with E-state index >= 15 is 0 Å². The fraction of sp³-hybridized carbons (Fsp3) is 0.250. The minimum absolute atomic E-state index is 0.00726. The van der Waals surface area contributed by atoms with Crippen LogP contribution in [-0.4, -0.2) is 29.5 Å². The summed E-state index contributed by atoms with van der Waals surface area (Å²) in [6.45, 7) is 1.65. The lowest BCUT2D eigenvalue weighted by atomic mass is 10.2. The highest BCUT2D eigenvalue weighted by Gasteiger charge is 2.22. The molecule has 6 nitrogen and oxygen atoms in total. The number of nitrogens with one attached hydrogen (secondary N) is 3. The van der Waals surface area contributed by atoms with Crippen LogP contribution in [0.5, 0.6) is 0 Å². The molecule has 0 bridgehead atoms. The Morgan fingerprint density at radius 1 is 1.33 bits per heavy atom. The lowest BCUT2D eigenvalue weighted by Crippen LogP contribution is -2.37. The van der Waals surface area contributed by atoms with Crippen LogP contribution < -0.4 is 16.0 Å². The first-order chi connectivity index (χ1) is 11.5. The van der Waals surface area contributed by atoms with Crippen molar-refractivity contribution in [1.29, 1.82) is 0 Å². The van der Waals surface area contributed by atoms with Crippen molar-refractivity contribution < 1.29 is 18.4 Å². The molecule has 3 N–H and O–H groups in total. The molecule has 0 saturated carbocycles. The first kappa shape index (κ1) is 16.5. The zero-order chi connectivity index (χ0) is 17.1. The molecule has 1 fully saturated rings. The first-order valence-corrected chi connectivity index (χ1v) is 8.47. The van der Waals surface area contributed by atoms with Gasteiger partial charge in [-0.1, -0.05) is 0 Å². The SMILES string of the molecule is Cc1occc1C(=O)Nc1cc(NC(=O)C2CSCN2)ccc1F. The number of thioether (sulfide) groups is 1. The summed E-state index contributed by atoms with van der Waals surface area (Å²) in [5.74, 6) is 0.620. The first-order valence-electron chi connectivity index (χ1n) is 7.31. The highest BCUT2D eigenvalue weighted by atomic mass is 32.2. The average molecular weight is 349 g/mol. The van der Waals surface area contributed by atoms with Crippen molar-refractivity contribution in [3.8, 4) is 0 Å². The van der Waals surface area contributed by atoms with E-state index in [-0.39, 0.29) is 17.6 Å². The van der Waals surface area contributed by atoms with Gasteiger partial charge >= 0.3 is 0 Å². The molecule has 2 heterocycles. The summed E-state index contributed by atoms with van der Waals surface area (Å²) in [5, 5.41) is 8.27. The van der Waals surface area contributed by atoms with Crippen LogP contribution in [0.3, 0.4) is 0 Å².